The summed E-state index contributed by atoms with van der Waals surface area (Å²) in [6, 6.07) is 6.84. The summed E-state index contributed by atoms with van der Waals surface area (Å²) in [5.74, 6) is -0.0924. The molecule has 2 rings (SSSR count). The van der Waals surface area contributed by atoms with Gasteiger partial charge in [0, 0.05) is 12.1 Å². The van der Waals surface area contributed by atoms with Crippen LogP contribution in [0, 0.1) is 5.21 Å². The van der Waals surface area contributed by atoms with Gasteiger partial charge in [-0.3, -0.25) is 4.79 Å². The molecule has 1 unspecified atom stereocenters. The highest BCUT2D eigenvalue weighted by Crippen LogP contribution is 2.13. The van der Waals surface area contributed by atoms with Crippen molar-refractivity contribution in [3.63, 3.8) is 0 Å². The summed E-state index contributed by atoms with van der Waals surface area (Å²) in [6.07, 6.45) is 2.62. The quantitative estimate of drug-likeness (QED) is 0.560. The van der Waals surface area contributed by atoms with Gasteiger partial charge < -0.3 is 10.3 Å². The highest BCUT2D eigenvalue weighted by Gasteiger charge is 2.17. The zero-order chi connectivity index (χ0) is 8.55. The van der Waals surface area contributed by atoms with Crippen LogP contribution in [0.15, 0.2) is 36.5 Å². The molecule has 3 nitrogen and oxygen atoms in total. The van der Waals surface area contributed by atoms with Crippen LogP contribution in [-0.2, 0) is 0 Å². The number of allylic oxidation sites excluding steroid dienone is 1. The third-order valence-electron chi connectivity index (χ3n) is 1.84. The molecule has 0 radical (unpaired) electrons. The summed E-state index contributed by atoms with van der Waals surface area (Å²) in [7, 11) is 0. The van der Waals surface area contributed by atoms with Crippen molar-refractivity contribution < 1.29 is 9.86 Å². The standard InChI is InChI=1S/C9H7NO2/c11-9-5-6-10(12)8-4-2-1-3-7(8)9/h1-6,10H. The van der Waals surface area contributed by atoms with E-state index in [-0.39, 0.29) is 10.8 Å². The summed E-state index contributed by atoms with van der Waals surface area (Å²) in [5, 5.41) is 11.1. The first-order chi connectivity index (χ1) is 5.79. The summed E-state index contributed by atoms with van der Waals surface area (Å²) in [4.78, 5) is 11.2. The number of carbonyl (C=O) groups excluding carboxylic acids is 1. The van der Waals surface area contributed by atoms with Crippen LogP contribution < -0.4 is 5.06 Å². The number of carbonyl (C=O) groups is 1. The third-order valence-corrected chi connectivity index (χ3v) is 1.84. The molecule has 0 aromatic heterocycles. The first kappa shape index (κ1) is 7.21. The van der Waals surface area contributed by atoms with Gasteiger partial charge in [-0.1, -0.05) is 12.1 Å². The molecule has 0 bridgehead atoms. The van der Waals surface area contributed by atoms with Gasteiger partial charge in [-0.2, -0.15) is 0 Å². The minimum absolute atomic E-state index is 0.0924. The van der Waals surface area contributed by atoms with Crippen molar-refractivity contribution in [3.05, 3.63) is 47.3 Å². The van der Waals surface area contributed by atoms with Gasteiger partial charge in [-0.15, -0.1) is 0 Å². The zero-order valence-electron chi connectivity index (χ0n) is 6.28. The average molecular weight is 161 g/mol. The summed E-state index contributed by atoms with van der Waals surface area (Å²) in [5.41, 5.74) is 1.01. The van der Waals surface area contributed by atoms with Gasteiger partial charge >= 0.3 is 0 Å². The fourth-order valence-corrected chi connectivity index (χ4v) is 1.24. The second kappa shape index (κ2) is 2.55. The van der Waals surface area contributed by atoms with Gasteiger partial charge in [0.1, 0.15) is 11.9 Å². The first-order valence-corrected chi connectivity index (χ1v) is 3.65. The fraction of sp³-hybridized carbons (Fsp3) is 0. The number of hydrogen-bond donors (Lipinski definition) is 1. The topological polar surface area (TPSA) is 44.6 Å². The number of rotatable bonds is 0. The molecule has 0 aliphatic carbocycles. The van der Waals surface area contributed by atoms with E-state index in [0.717, 1.165) is 0 Å². The molecule has 1 heterocycles. The van der Waals surface area contributed by atoms with Crippen molar-refractivity contribution in [1.82, 2.24) is 0 Å². The maximum atomic E-state index is 11.2. The van der Waals surface area contributed by atoms with Crippen LogP contribution in [0.1, 0.15) is 10.4 Å². The van der Waals surface area contributed by atoms with Crippen LogP contribution in [0.5, 0.6) is 0 Å². The van der Waals surface area contributed by atoms with Crippen molar-refractivity contribution >= 4 is 11.5 Å². The summed E-state index contributed by atoms with van der Waals surface area (Å²) < 4.78 is 0. The van der Waals surface area contributed by atoms with Crippen LogP contribution in [0.2, 0.25) is 0 Å². The van der Waals surface area contributed by atoms with Crippen molar-refractivity contribution in [1.29, 1.82) is 0 Å². The Labute approximate surface area is 69.5 Å². The SMILES string of the molecule is O=C1C=C[NH+]([O-])c2ccccc21. The molecule has 0 fully saturated rings. The molecule has 12 heavy (non-hydrogen) atoms. The molecule has 1 N–H and O–H groups in total. The van der Waals surface area contributed by atoms with Crippen molar-refractivity contribution in [3.8, 4) is 0 Å². The highest BCUT2D eigenvalue weighted by molar-refractivity contribution is 6.07. The predicted molar refractivity (Wildman–Crippen MR) is 43.9 cm³/mol. The molecule has 1 aromatic rings. The Kier molecular flexibility index (Phi) is 1.53. The number of fused-ring (bicyclic) bond motifs is 1. The lowest BCUT2D eigenvalue weighted by Crippen LogP contribution is -2.97. The Morgan fingerprint density at radius 3 is 2.75 bits per heavy atom. The van der Waals surface area contributed by atoms with Crippen LogP contribution in [0.4, 0.5) is 5.69 Å². The molecule has 0 saturated carbocycles. The minimum Gasteiger partial charge on any atom is -0.624 e. The lowest BCUT2D eigenvalue weighted by molar-refractivity contribution is -0.714. The summed E-state index contributed by atoms with van der Waals surface area (Å²) >= 11 is 0. The number of quaternary nitrogens is 1. The Balaban J connectivity index is 2.61. The smallest absolute Gasteiger partial charge is 0.197 e. The fourth-order valence-electron chi connectivity index (χ4n) is 1.24. The van der Waals surface area contributed by atoms with E-state index < -0.39 is 0 Å². The lowest BCUT2D eigenvalue weighted by Gasteiger charge is -2.21. The van der Waals surface area contributed by atoms with E-state index in [1.165, 1.54) is 12.3 Å². The average Bonchev–Trinajstić information content (AvgIpc) is 2.12. The molecule has 1 aromatic carbocycles. The van der Waals surface area contributed by atoms with Gasteiger partial charge in [0.15, 0.2) is 5.78 Å². The van der Waals surface area contributed by atoms with E-state index in [1.54, 1.807) is 24.3 Å². The first-order valence-electron chi connectivity index (χ1n) is 3.65. The molecular weight excluding hydrogens is 154 g/mol. The van der Waals surface area contributed by atoms with Crippen LogP contribution in [0.3, 0.4) is 0 Å². The van der Waals surface area contributed by atoms with Gasteiger partial charge in [-0.25, -0.2) is 0 Å². The van der Waals surface area contributed by atoms with E-state index in [9.17, 15) is 10.0 Å². The van der Waals surface area contributed by atoms with Gasteiger partial charge in [0.05, 0.1) is 5.56 Å². The Morgan fingerprint density at radius 2 is 2.00 bits per heavy atom. The molecule has 0 amide bonds. The Morgan fingerprint density at radius 1 is 1.25 bits per heavy atom. The van der Waals surface area contributed by atoms with Crippen LogP contribution in [-0.4, -0.2) is 5.78 Å². The lowest BCUT2D eigenvalue weighted by atomic mass is 10.1. The maximum absolute atomic E-state index is 11.2. The Hall–Kier alpha value is -1.45. The number of hydroxylamine groups is 1. The van der Waals surface area contributed by atoms with Gasteiger partial charge in [0.25, 0.3) is 0 Å². The number of hydrogen-bond acceptors (Lipinski definition) is 2. The second-order valence-electron chi connectivity index (χ2n) is 2.61. The molecule has 0 saturated heterocycles. The monoisotopic (exact) mass is 161 g/mol. The highest BCUT2D eigenvalue weighted by atomic mass is 16.5. The van der Waals surface area contributed by atoms with Gasteiger partial charge in [0.2, 0.25) is 0 Å². The van der Waals surface area contributed by atoms with E-state index in [4.69, 9.17) is 0 Å². The molecule has 1 aliphatic rings. The maximum Gasteiger partial charge on any atom is 0.197 e. The molecule has 1 atom stereocenters. The zero-order valence-corrected chi connectivity index (χ0v) is 6.28. The van der Waals surface area contributed by atoms with Crippen molar-refractivity contribution in [2.24, 2.45) is 0 Å². The van der Waals surface area contributed by atoms with E-state index in [2.05, 4.69) is 0 Å². The number of para-hydroxylation sites is 1. The van der Waals surface area contributed by atoms with Crippen molar-refractivity contribution in [2.75, 3.05) is 0 Å². The van der Waals surface area contributed by atoms with E-state index in [0.29, 0.717) is 11.3 Å². The molecule has 3 heteroatoms. The van der Waals surface area contributed by atoms with E-state index >= 15 is 0 Å². The third kappa shape index (κ3) is 0.958. The molecule has 1 aliphatic heterocycles. The van der Waals surface area contributed by atoms with Crippen molar-refractivity contribution in [2.45, 2.75) is 0 Å². The Bertz CT molecular complexity index is 357. The summed E-state index contributed by atoms with van der Waals surface area (Å²) in [6.45, 7) is 0. The second-order valence-corrected chi connectivity index (χ2v) is 2.61. The van der Waals surface area contributed by atoms with Crippen LogP contribution >= 0.6 is 0 Å². The molecule has 0 spiro atoms. The molecular formula is C9H7NO2. The normalized spacial score (nSPS) is 20.8. The molecule has 60 valence electrons. The van der Waals surface area contributed by atoms with E-state index in [1.807, 2.05) is 0 Å². The number of nitrogens with one attached hydrogen (secondary N) is 1. The number of ketones is 1. The minimum atomic E-state index is -0.0924. The number of benzene rings is 1. The van der Waals surface area contributed by atoms with Gasteiger partial charge in [-0.05, 0) is 6.07 Å². The largest absolute Gasteiger partial charge is 0.624 e. The predicted octanol–water partition coefficient (Wildman–Crippen LogP) is 0.411. The van der Waals surface area contributed by atoms with Crippen LogP contribution in [0.25, 0.3) is 0 Å².